The third-order valence-electron chi connectivity index (χ3n) is 4.19. The van der Waals surface area contributed by atoms with Crippen LogP contribution in [0.4, 0.5) is 10.6 Å². The molecule has 0 saturated heterocycles. The average Bonchev–Trinajstić information content (AvgIpc) is 3.04. The van der Waals surface area contributed by atoms with Gasteiger partial charge in [0, 0.05) is 18.0 Å². The molecular weight excluding hydrogens is 386 g/mol. The largest absolute Gasteiger partial charge is 0.465 e. The second kappa shape index (κ2) is 10.4. The first kappa shape index (κ1) is 25.5. The number of carbonyl (C=O) groups is 3. The van der Waals surface area contributed by atoms with Crippen LogP contribution in [-0.2, 0) is 25.3 Å². The third kappa shape index (κ3) is 7.68. The number of hydrogen-bond acceptors (Lipinski definition) is 5. The van der Waals surface area contributed by atoms with E-state index in [1.54, 1.807) is 11.6 Å². The van der Waals surface area contributed by atoms with E-state index in [4.69, 9.17) is 4.74 Å². The Morgan fingerprint density at radius 3 is 2.27 bits per heavy atom. The van der Waals surface area contributed by atoms with Crippen LogP contribution in [-0.4, -0.2) is 58.8 Å². The van der Waals surface area contributed by atoms with E-state index >= 15 is 0 Å². The van der Waals surface area contributed by atoms with Crippen LogP contribution in [0.3, 0.4) is 0 Å². The van der Waals surface area contributed by atoms with Crippen molar-refractivity contribution in [1.29, 1.82) is 0 Å². The molecule has 9 heteroatoms. The number of anilines is 1. The van der Waals surface area contributed by atoms with Gasteiger partial charge in [-0.1, -0.05) is 27.7 Å². The van der Waals surface area contributed by atoms with Gasteiger partial charge < -0.3 is 20.3 Å². The van der Waals surface area contributed by atoms with Gasteiger partial charge >= 0.3 is 12.0 Å². The maximum absolute atomic E-state index is 12.7. The number of nitrogens with one attached hydrogen (secondary N) is 2. The predicted molar refractivity (Wildman–Crippen MR) is 116 cm³/mol. The fourth-order valence-corrected chi connectivity index (χ4v) is 2.70. The van der Waals surface area contributed by atoms with Crippen molar-refractivity contribution < 1.29 is 19.1 Å². The highest BCUT2D eigenvalue weighted by Gasteiger charge is 2.26. The molecule has 0 bridgehead atoms. The predicted octanol–water partition coefficient (Wildman–Crippen LogP) is 2.86. The molecule has 9 nitrogen and oxygen atoms in total. The Kier molecular flexibility index (Phi) is 8.87. The van der Waals surface area contributed by atoms with Gasteiger partial charge in [-0.2, -0.15) is 5.10 Å². The van der Waals surface area contributed by atoms with Crippen molar-refractivity contribution in [3.05, 3.63) is 11.8 Å². The molecule has 0 atom stereocenters. The number of aromatic nitrogens is 2. The van der Waals surface area contributed by atoms with Gasteiger partial charge in [0.15, 0.2) is 0 Å². The van der Waals surface area contributed by atoms with Crippen LogP contribution in [0.25, 0.3) is 0 Å². The number of urea groups is 1. The molecule has 30 heavy (non-hydrogen) atoms. The number of nitrogens with zero attached hydrogens (tertiary/aromatic N) is 3. The maximum atomic E-state index is 12.7. The fraction of sp³-hybridized carbons (Fsp3) is 0.714. The summed E-state index contributed by atoms with van der Waals surface area (Å²) >= 11 is 0. The maximum Gasteiger partial charge on any atom is 0.325 e. The van der Waals surface area contributed by atoms with Crippen LogP contribution in [0, 0.1) is 0 Å². The van der Waals surface area contributed by atoms with Gasteiger partial charge in [0.25, 0.3) is 0 Å². The highest BCUT2D eigenvalue weighted by molar-refractivity contribution is 5.94. The smallest absolute Gasteiger partial charge is 0.325 e. The molecule has 2 N–H and O–H groups in total. The summed E-state index contributed by atoms with van der Waals surface area (Å²) in [6.45, 7) is 16.1. The molecule has 0 aliphatic rings. The monoisotopic (exact) mass is 423 g/mol. The minimum atomic E-state index is -0.518. The zero-order valence-corrected chi connectivity index (χ0v) is 19.6. The molecule has 0 fully saturated rings. The van der Waals surface area contributed by atoms with Gasteiger partial charge in [-0.15, -0.1) is 0 Å². The summed E-state index contributed by atoms with van der Waals surface area (Å²) in [5.41, 5.74) is 0.369. The molecule has 1 aromatic heterocycles. The van der Waals surface area contributed by atoms with Crippen LogP contribution in [0.15, 0.2) is 6.07 Å². The molecule has 0 aromatic carbocycles. The Bertz CT molecular complexity index is 744. The quantitative estimate of drug-likeness (QED) is 0.626. The summed E-state index contributed by atoms with van der Waals surface area (Å²) in [5.74, 6) is -0.267. The molecule has 1 heterocycles. The first-order chi connectivity index (χ1) is 13.8. The van der Waals surface area contributed by atoms with Crippen molar-refractivity contribution in [2.24, 2.45) is 0 Å². The van der Waals surface area contributed by atoms with E-state index in [0.29, 0.717) is 18.8 Å². The van der Waals surface area contributed by atoms with Crippen molar-refractivity contribution in [2.45, 2.75) is 72.8 Å². The van der Waals surface area contributed by atoms with Crippen molar-refractivity contribution >= 4 is 23.7 Å². The van der Waals surface area contributed by atoms with E-state index in [1.807, 2.05) is 33.8 Å². The lowest BCUT2D eigenvalue weighted by Crippen LogP contribution is -2.46. The summed E-state index contributed by atoms with van der Waals surface area (Å²) < 4.78 is 6.59. The number of esters is 1. The molecule has 0 radical (unpaired) electrons. The number of amides is 3. The topological polar surface area (TPSA) is 106 Å². The molecule has 0 aliphatic heterocycles. The molecule has 0 spiro atoms. The van der Waals surface area contributed by atoms with Gasteiger partial charge in [-0.3, -0.25) is 9.59 Å². The Labute approximate surface area is 179 Å². The molecule has 0 aliphatic carbocycles. The lowest BCUT2D eigenvalue weighted by molar-refractivity contribution is -0.141. The molecule has 3 amide bonds. The fourth-order valence-electron chi connectivity index (χ4n) is 2.70. The molecule has 0 unspecified atom stereocenters. The van der Waals surface area contributed by atoms with Crippen LogP contribution >= 0.6 is 0 Å². The zero-order valence-electron chi connectivity index (χ0n) is 19.6. The van der Waals surface area contributed by atoms with E-state index in [9.17, 15) is 14.4 Å². The lowest BCUT2D eigenvalue weighted by Gasteiger charge is -2.24. The highest BCUT2D eigenvalue weighted by Crippen LogP contribution is 2.28. The SMILES string of the molecule is CCCN(CC(=O)Nc1cc(C(C)(C)C)nn1C(C)(C)C)C(=O)NCC(=O)OCC. The van der Waals surface area contributed by atoms with E-state index in [0.717, 1.165) is 5.69 Å². The number of hydrogen-bond donors (Lipinski definition) is 2. The summed E-state index contributed by atoms with van der Waals surface area (Å²) in [6.07, 6.45) is 0.675. The summed E-state index contributed by atoms with van der Waals surface area (Å²) in [7, 11) is 0. The van der Waals surface area contributed by atoms with E-state index in [2.05, 4.69) is 36.5 Å². The van der Waals surface area contributed by atoms with Crippen LogP contribution < -0.4 is 10.6 Å². The minimum absolute atomic E-state index is 0.136. The first-order valence-electron chi connectivity index (χ1n) is 10.4. The van der Waals surface area contributed by atoms with E-state index in [-0.39, 0.29) is 36.6 Å². The molecular formula is C21H37N5O4. The Morgan fingerprint density at radius 1 is 1.13 bits per heavy atom. The zero-order chi connectivity index (χ0) is 23.1. The molecule has 1 aromatic rings. The molecule has 170 valence electrons. The normalized spacial score (nSPS) is 11.7. The van der Waals surface area contributed by atoms with Crippen LogP contribution in [0.2, 0.25) is 0 Å². The first-order valence-corrected chi connectivity index (χ1v) is 10.4. The van der Waals surface area contributed by atoms with Gasteiger partial charge in [-0.25, -0.2) is 9.48 Å². The second-order valence-corrected chi connectivity index (χ2v) is 9.18. The Morgan fingerprint density at radius 2 is 1.77 bits per heavy atom. The standard InChI is InChI=1S/C21H37N5O4/c1-9-11-25(19(29)22-13-18(28)30-10-2)14-17(27)23-16-12-15(20(3,4)5)24-26(16)21(6,7)8/h12H,9-11,13-14H2,1-8H3,(H,22,29)(H,23,27). The highest BCUT2D eigenvalue weighted by atomic mass is 16.5. The van der Waals surface area contributed by atoms with Gasteiger partial charge in [0.05, 0.1) is 17.8 Å². The minimum Gasteiger partial charge on any atom is -0.465 e. The Balaban J connectivity index is 2.90. The van der Waals surface area contributed by atoms with Crippen LogP contribution in [0.5, 0.6) is 0 Å². The van der Waals surface area contributed by atoms with Crippen molar-refractivity contribution in [1.82, 2.24) is 20.0 Å². The van der Waals surface area contributed by atoms with E-state index in [1.165, 1.54) is 4.90 Å². The molecule has 1 rings (SSSR count). The number of carbonyl (C=O) groups excluding carboxylic acids is 3. The van der Waals surface area contributed by atoms with Crippen molar-refractivity contribution in [3.63, 3.8) is 0 Å². The summed E-state index contributed by atoms with van der Waals surface area (Å²) in [4.78, 5) is 38.0. The number of ether oxygens (including phenoxy) is 1. The van der Waals surface area contributed by atoms with Gasteiger partial charge in [-0.05, 0) is 34.1 Å². The Hall–Kier alpha value is -2.58. The summed E-state index contributed by atoms with van der Waals surface area (Å²) in [6, 6.07) is 1.38. The van der Waals surface area contributed by atoms with Crippen molar-refractivity contribution in [3.8, 4) is 0 Å². The lowest BCUT2D eigenvalue weighted by atomic mass is 9.92. The number of rotatable bonds is 8. The molecule has 0 saturated carbocycles. The second-order valence-electron chi connectivity index (χ2n) is 9.18. The van der Waals surface area contributed by atoms with E-state index < -0.39 is 12.0 Å². The van der Waals surface area contributed by atoms with Gasteiger partial charge in [0.2, 0.25) is 5.91 Å². The van der Waals surface area contributed by atoms with Crippen molar-refractivity contribution in [2.75, 3.05) is 31.6 Å². The van der Waals surface area contributed by atoms with Crippen LogP contribution in [0.1, 0.15) is 67.5 Å². The van der Waals surface area contributed by atoms with Gasteiger partial charge in [0.1, 0.15) is 18.9 Å². The average molecular weight is 424 g/mol. The summed E-state index contributed by atoms with van der Waals surface area (Å²) in [5, 5.41) is 10.1. The third-order valence-corrected chi connectivity index (χ3v) is 4.19.